The number of nitrogens with zero attached hydrogens (tertiary/aromatic N) is 1. The van der Waals surface area contributed by atoms with Crippen LogP contribution < -0.4 is 11.3 Å². The SMILES string of the molecule is CC(C)(C)CC(NN)c1cnccc1C(F)(F)F. The topological polar surface area (TPSA) is 50.9 Å². The van der Waals surface area contributed by atoms with Crippen molar-refractivity contribution in [2.45, 2.75) is 39.4 Å². The van der Waals surface area contributed by atoms with E-state index >= 15 is 0 Å². The summed E-state index contributed by atoms with van der Waals surface area (Å²) in [5, 5.41) is 0. The molecule has 3 nitrogen and oxygen atoms in total. The van der Waals surface area contributed by atoms with Crippen molar-refractivity contribution < 1.29 is 13.2 Å². The molecular weight excluding hydrogens is 243 g/mol. The number of pyridine rings is 1. The first-order valence-electron chi connectivity index (χ1n) is 5.62. The zero-order chi connectivity index (χ0) is 14.0. The van der Waals surface area contributed by atoms with Gasteiger partial charge in [0.1, 0.15) is 0 Å². The number of rotatable bonds is 3. The second-order valence-electron chi connectivity index (χ2n) is 5.44. The molecule has 3 N–H and O–H groups in total. The molecule has 0 amide bonds. The Morgan fingerprint density at radius 1 is 1.33 bits per heavy atom. The number of aromatic nitrogens is 1. The molecule has 0 aliphatic carbocycles. The van der Waals surface area contributed by atoms with E-state index in [1.165, 1.54) is 6.20 Å². The normalized spacial score (nSPS) is 14.6. The molecule has 0 aliphatic heterocycles. The number of hydrogen-bond acceptors (Lipinski definition) is 3. The molecule has 1 heterocycles. The Kier molecular flexibility index (Phi) is 4.34. The van der Waals surface area contributed by atoms with Gasteiger partial charge in [-0.2, -0.15) is 13.2 Å². The first kappa shape index (κ1) is 14.9. The summed E-state index contributed by atoms with van der Waals surface area (Å²) in [5.41, 5.74) is 1.70. The zero-order valence-corrected chi connectivity index (χ0v) is 10.7. The fraction of sp³-hybridized carbons (Fsp3) is 0.583. The Morgan fingerprint density at radius 2 is 1.94 bits per heavy atom. The fourth-order valence-electron chi connectivity index (χ4n) is 1.81. The van der Waals surface area contributed by atoms with Crippen LogP contribution in [0, 0.1) is 5.41 Å². The van der Waals surface area contributed by atoms with Gasteiger partial charge in [0.05, 0.1) is 5.56 Å². The Balaban J connectivity index is 3.14. The van der Waals surface area contributed by atoms with Crippen LogP contribution in [0.2, 0.25) is 0 Å². The third kappa shape index (κ3) is 3.96. The molecule has 1 unspecified atom stereocenters. The molecule has 0 radical (unpaired) electrons. The minimum Gasteiger partial charge on any atom is -0.271 e. The molecule has 0 saturated carbocycles. The first-order chi connectivity index (χ1) is 8.15. The molecule has 0 bridgehead atoms. The average molecular weight is 261 g/mol. The van der Waals surface area contributed by atoms with Crippen molar-refractivity contribution in [3.05, 3.63) is 29.6 Å². The fourth-order valence-corrected chi connectivity index (χ4v) is 1.81. The molecule has 1 aromatic rings. The molecule has 0 aliphatic rings. The van der Waals surface area contributed by atoms with E-state index in [9.17, 15) is 13.2 Å². The van der Waals surface area contributed by atoms with Gasteiger partial charge in [0.25, 0.3) is 0 Å². The summed E-state index contributed by atoms with van der Waals surface area (Å²) in [6.45, 7) is 5.84. The number of nitrogens with one attached hydrogen (secondary N) is 1. The summed E-state index contributed by atoms with van der Waals surface area (Å²) < 4.78 is 38.6. The van der Waals surface area contributed by atoms with E-state index in [-0.39, 0.29) is 11.0 Å². The van der Waals surface area contributed by atoms with Gasteiger partial charge in [0.15, 0.2) is 0 Å². The van der Waals surface area contributed by atoms with Crippen molar-refractivity contribution >= 4 is 0 Å². The van der Waals surface area contributed by atoms with Gasteiger partial charge in [-0.15, -0.1) is 0 Å². The van der Waals surface area contributed by atoms with Gasteiger partial charge in [-0.25, -0.2) is 0 Å². The molecule has 0 spiro atoms. The van der Waals surface area contributed by atoms with Gasteiger partial charge in [-0.1, -0.05) is 20.8 Å². The van der Waals surface area contributed by atoms with Crippen LogP contribution in [0.15, 0.2) is 18.5 Å². The van der Waals surface area contributed by atoms with Crippen LogP contribution in [0.3, 0.4) is 0 Å². The zero-order valence-electron chi connectivity index (χ0n) is 10.7. The number of hydrazine groups is 1. The lowest BCUT2D eigenvalue weighted by molar-refractivity contribution is -0.138. The van der Waals surface area contributed by atoms with E-state index < -0.39 is 17.8 Å². The van der Waals surface area contributed by atoms with Gasteiger partial charge < -0.3 is 0 Å². The van der Waals surface area contributed by atoms with Gasteiger partial charge in [-0.3, -0.25) is 16.3 Å². The highest BCUT2D eigenvalue weighted by Gasteiger charge is 2.35. The predicted molar refractivity (Wildman–Crippen MR) is 63.4 cm³/mol. The molecular formula is C12H18F3N3. The van der Waals surface area contributed by atoms with Crippen molar-refractivity contribution in [3.63, 3.8) is 0 Å². The van der Waals surface area contributed by atoms with Gasteiger partial charge >= 0.3 is 6.18 Å². The number of hydrogen-bond donors (Lipinski definition) is 2. The van der Waals surface area contributed by atoms with Crippen molar-refractivity contribution in [3.8, 4) is 0 Å². The Labute approximate surface area is 105 Å². The number of nitrogens with two attached hydrogens (primary N) is 1. The van der Waals surface area contributed by atoms with E-state index in [0.717, 1.165) is 12.3 Å². The van der Waals surface area contributed by atoms with Gasteiger partial charge in [0.2, 0.25) is 0 Å². The van der Waals surface area contributed by atoms with Crippen LogP contribution >= 0.6 is 0 Å². The quantitative estimate of drug-likeness (QED) is 0.649. The highest BCUT2D eigenvalue weighted by molar-refractivity contribution is 5.29. The second-order valence-corrected chi connectivity index (χ2v) is 5.44. The largest absolute Gasteiger partial charge is 0.416 e. The maximum absolute atomic E-state index is 12.9. The van der Waals surface area contributed by atoms with Crippen LogP contribution in [0.5, 0.6) is 0 Å². The van der Waals surface area contributed by atoms with E-state index in [1.54, 1.807) is 0 Å². The highest BCUT2D eigenvalue weighted by atomic mass is 19.4. The molecule has 1 rings (SSSR count). The van der Waals surface area contributed by atoms with Crippen molar-refractivity contribution in [2.24, 2.45) is 11.3 Å². The Morgan fingerprint density at radius 3 is 2.39 bits per heavy atom. The minimum atomic E-state index is -4.40. The maximum atomic E-state index is 12.9. The molecule has 1 atom stereocenters. The summed E-state index contributed by atoms with van der Waals surface area (Å²) in [5.74, 6) is 5.38. The lowest BCUT2D eigenvalue weighted by atomic mass is 9.85. The molecule has 6 heteroatoms. The molecule has 1 aromatic heterocycles. The van der Waals surface area contributed by atoms with Crippen LogP contribution in [-0.4, -0.2) is 4.98 Å². The standard InChI is InChI=1S/C12H18F3N3/c1-11(2,3)6-10(18-16)8-7-17-5-4-9(8)12(13,14)15/h4-5,7,10,18H,6,16H2,1-3H3. The van der Waals surface area contributed by atoms with Crippen molar-refractivity contribution in [2.75, 3.05) is 0 Å². The molecule has 0 saturated heterocycles. The summed E-state index contributed by atoms with van der Waals surface area (Å²) in [6, 6.07) is 0.401. The predicted octanol–water partition coefficient (Wildman–Crippen LogP) is 3.04. The molecule has 0 aromatic carbocycles. The lowest BCUT2D eigenvalue weighted by Gasteiger charge is -2.27. The van der Waals surface area contributed by atoms with Crippen molar-refractivity contribution in [1.29, 1.82) is 0 Å². The van der Waals surface area contributed by atoms with Crippen molar-refractivity contribution in [1.82, 2.24) is 10.4 Å². The monoisotopic (exact) mass is 261 g/mol. The third-order valence-electron chi connectivity index (χ3n) is 2.55. The summed E-state index contributed by atoms with van der Waals surface area (Å²) in [6.07, 6.45) is -1.56. The number of halogens is 3. The van der Waals surface area contributed by atoms with Gasteiger partial charge in [-0.05, 0) is 17.9 Å². The van der Waals surface area contributed by atoms with Crippen LogP contribution in [0.1, 0.15) is 44.4 Å². The smallest absolute Gasteiger partial charge is 0.271 e. The summed E-state index contributed by atoms with van der Waals surface area (Å²) >= 11 is 0. The summed E-state index contributed by atoms with van der Waals surface area (Å²) in [7, 11) is 0. The second kappa shape index (κ2) is 5.24. The maximum Gasteiger partial charge on any atom is 0.416 e. The number of alkyl halides is 3. The molecule has 102 valence electrons. The first-order valence-corrected chi connectivity index (χ1v) is 5.62. The van der Waals surface area contributed by atoms with Gasteiger partial charge in [0, 0.05) is 24.0 Å². The average Bonchev–Trinajstić information content (AvgIpc) is 2.23. The van der Waals surface area contributed by atoms with E-state index in [4.69, 9.17) is 5.84 Å². The lowest BCUT2D eigenvalue weighted by Crippen LogP contribution is -2.32. The Bertz CT molecular complexity index is 396. The van der Waals surface area contributed by atoms with E-state index in [2.05, 4.69) is 10.4 Å². The Hall–Kier alpha value is -1.14. The van der Waals surface area contributed by atoms with Crippen LogP contribution in [0.4, 0.5) is 13.2 Å². The summed E-state index contributed by atoms with van der Waals surface area (Å²) in [4.78, 5) is 3.76. The molecule has 0 fully saturated rings. The minimum absolute atomic E-state index is 0.0856. The van der Waals surface area contributed by atoms with E-state index in [1.807, 2.05) is 20.8 Å². The van der Waals surface area contributed by atoms with Crippen LogP contribution in [-0.2, 0) is 6.18 Å². The van der Waals surface area contributed by atoms with Crippen LogP contribution in [0.25, 0.3) is 0 Å². The van der Waals surface area contributed by atoms with E-state index in [0.29, 0.717) is 6.42 Å². The highest BCUT2D eigenvalue weighted by Crippen LogP contribution is 2.37. The third-order valence-corrected chi connectivity index (χ3v) is 2.55. The molecule has 18 heavy (non-hydrogen) atoms.